The van der Waals surface area contributed by atoms with Crippen LogP contribution in [0, 0.1) is 0 Å². The van der Waals surface area contributed by atoms with E-state index in [1.54, 1.807) is 24.3 Å². The van der Waals surface area contributed by atoms with E-state index in [1.807, 2.05) is 12.2 Å². The Labute approximate surface area is 191 Å². The van der Waals surface area contributed by atoms with Crippen LogP contribution in [0.3, 0.4) is 0 Å². The molecule has 0 radical (unpaired) electrons. The number of benzene rings is 3. The molecular formula is C27H29NO3S. The van der Waals surface area contributed by atoms with E-state index in [0.717, 1.165) is 34.5 Å². The van der Waals surface area contributed by atoms with Gasteiger partial charge in [0.2, 0.25) is 0 Å². The van der Waals surface area contributed by atoms with Gasteiger partial charge >= 0.3 is 0 Å². The first-order valence-electron chi connectivity index (χ1n) is 10.6. The number of hydrogen-bond donors (Lipinski definition) is 1. The minimum atomic E-state index is -3.17. The first-order valence-corrected chi connectivity index (χ1v) is 12.5. The quantitative estimate of drug-likeness (QED) is 0.455. The summed E-state index contributed by atoms with van der Waals surface area (Å²) in [7, 11) is -3.17. The summed E-state index contributed by atoms with van der Waals surface area (Å²) in [6.07, 6.45) is 9.35. The Balaban J connectivity index is 1.62. The average Bonchev–Trinajstić information content (AvgIpc) is 2.80. The van der Waals surface area contributed by atoms with E-state index in [4.69, 9.17) is 5.11 Å². The highest BCUT2D eigenvalue weighted by Gasteiger charge is 2.05. The first-order chi connectivity index (χ1) is 15.4. The van der Waals surface area contributed by atoms with Gasteiger partial charge in [-0.25, -0.2) is 8.42 Å². The standard InChI is InChI=1S/C27H29NO3S/c1-3-28(20-21-29)26-16-12-24(13-17-26)10-8-22-4-6-23(7-5-22)9-11-25-14-18-27(19-15-25)32(2,30)31/h4-19,29H,3,20-21H2,1-2H3/b10-8+,11-9+. The number of aliphatic hydroxyl groups is 1. The van der Waals surface area contributed by atoms with E-state index < -0.39 is 9.84 Å². The van der Waals surface area contributed by atoms with Gasteiger partial charge in [0, 0.05) is 25.0 Å². The summed E-state index contributed by atoms with van der Waals surface area (Å²) < 4.78 is 23.1. The number of rotatable bonds is 9. The van der Waals surface area contributed by atoms with E-state index in [9.17, 15) is 8.42 Å². The van der Waals surface area contributed by atoms with Crippen LogP contribution in [-0.2, 0) is 9.84 Å². The van der Waals surface area contributed by atoms with E-state index in [1.165, 1.54) is 6.26 Å². The molecule has 166 valence electrons. The first kappa shape index (κ1) is 23.5. The van der Waals surface area contributed by atoms with Crippen LogP contribution >= 0.6 is 0 Å². The summed E-state index contributed by atoms with van der Waals surface area (Å²) in [6.45, 7) is 3.73. The largest absolute Gasteiger partial charge is 0.395 e. The molecule has 1 N–H and O–H groups in total. The van der Waals surface area contributed by atoms with Crippen molar-refractivity contribution in [1.82, 2.24) is 0 Å². The molecule has 0 fully saturated rings. The molecule has 0 aliphatic rings. The molecule has 0 atom stereocenters. The maximum absolute atomic E-state index is 11.5. The molecule has 32 heavy (non-hydrogen) atoms. The van der Waals surface area contributed by atoms with Gasteiger partial charge in [-0.2, -0.15) is 0 Å². The number of nitrogens with zero attached hydrogens (tertiary/aromatic N) is 1. The van der Waals surface area contributed by atoms with Crippen molar-refractivity contribution in [3.05, 3.63) is 95.1 Å². The molecule has 0 heterocycles. The molecule has 0 spiro atoms. The molecule has 0 aromatic heterocycles. The minimum absolute atomic E-state index is 0.149. The van der Waals surface area contributed by atoms with Crippen molar-refractivity contribution in [3.8, 4) is 0 Å². The second-order valence-corrected chi connectivity index (χ2v) is 9.59. The SMILES string of the molecule is CCN(CCO)c1ccc(/C=C/c2ccc(/C=C/c3ccc(S(C)(=O)=O)cc3)cc2)cc1. The second-order valence-electron chi connectivity index (χ2n) is 7.57. The van der Waals surface area contributed by atoms with Crippen LogP contribution in [0.2, 0.25) is 0 Å². The van der Waals surface area contributed by atoms with Gasteiger partial charge in [-0.1, -0.05) is 72.8 Å². The van der Waals surface area contributed by atoms with Crippen molar-refractivity contribution in [3.63, 3.8) is 0 Å². The molecule has 3 aromatic rings. The Kier molecular flexibility index (Phi) is 8.03. The fourth-order valence-corrected chi connectivity index (χ4v) is 3.95. The van der Waals surface area contributed by atoms with Crippen LogP contribution < -0.4 is 4.90 Å². The Morgan fingerprint density at radius 1 is 0.719 bits per heavy atom. The van der Waals surface area contributed by atoms with Gasteiger partial charge in [0.05, 0.1) is 11.5 Å². The predicted octanol–water partition coefficient (Wildman–Crippen LogP) is 5.25. The van der Waals surface area contributed by atoms with Gasteiger partial charge in [-0.05, 0) is 53.4 Å². The molecule has 0 bridgehead atoms. The number of aliphatic hydroxyl groups excluding tert-OH is 1. The molecular weight excluding hydrogens is 418 g/mol. The van der Waals surface area contributed by atoms with E-state index in [-0.39, 0.29) is 6.61 Å². The zero-order valence-electron chi connectivity index (χ0n) is 18.5. The van der Waals surface area contributed by atoms with Gasteiger partial charge in [0.1, 0.15) is 0 Å². The minimum Gasteiger partial charge on any atom is -0.395 e. The molecule has 3 aromatic carbocycles. The predicted molar refractivity (Wildman–Crippen MR) is 135 cm³/mol. The summed E-state index contributed by atoms with van der Waals surface area (Å²) in [5, 5.41) is 9.16. The maximum atomic E-state index is 11.5. The van der Waals surface area contributed by atoms with Crippen molar-refractivity contribution >= 4 is 39.8 Å². The third-order valence-corrected chi connectivity index (χ3v) is 6.32. The average molecular weight is 448 g/mol. The zero-order valence-corrected chi connectivity index (χ0v) is 19.3. The van der Waals surface area contributed by atoms with Crippen LogP contribution in [-0.4, -0.2) is 39.5 Å². The van der Waals surface area contributed by atoms with Crippen molar-refractivity contribution < 1.29 is 13.5 Å². The number of anilines is 1. The van der Waals surface area contributed by atoms with Crippen molar-refractivity contribution in [2.75, 3.05) is 30.9 Å². The topological polar surface area (TPSA) is 57.6 Å². The highest BCUT2D eigenvalue weighted by molar-refractivity contribution is 7.90. The lowest BCUT2D eigenvalue weighted by molar-refractivity contribution is 0.302. The van der Waals surface area contributed by atoms with Crippen molar-refractivity contribution in [1.29, 1.82) is 0 Å². The van der Waals surface area contributed by atoms with E-state index in [0.29, 0.717) is 11.4 Å². The molecule has 0 saturated heterocycles. The normalized spacial score (nSPS) is 12.0. The highest BCUT2D eigenvalue weighted by Crippen LogP contribution is 2.18. The summed E-state index contributed by atoms with van der Waals surface area (Å²) in [4.78, 5) is 2.47. The smallest absolute Gasteiger partial charge is 0.175 e. The van der Waals surface area contributed by atoms with E-state index >= 15 is 0 Å². The van der Waals surface area contributed by atoms with Gasteiger partial charge in [-0.3, -0.25) is 0 Å². The summed E-state index contributed by atoms with van der Waals surface area (Å²) in [6, 6.07) is 23.4. The third kappa shape index (κ3) is 6.67. The Morgan fingerprint density at radius 2 is 1.09 bits per heavy atom. The number of sulfone groups is 1. The summed E-state index contributed by atoms with van der Waals surface area (Å²) in [5.74, 6) is 0. The maximum Gasteiger partial charge on any atom is 0.175 e. The monoisotopic (exact) mass is 447 g/mol. The summed E-state index contributed by atoms with van der Waals surface area (Å²) >= 11 is 0. The van der Waals surface area contributed by atoms with Crippen LogP contribution in [0.1, 0.15) is 29.2 Å². The van der Waals surface area contributed by atoms with E-state index in [2.05, 4.69) is 72.5 Å². The zero-order chi connectivity index (χ0) is 23.0. The van der Waals surface area contributed by atoms with Crippen molar-refractivity contribution in [2.45, 2.75) is 11.8 Å². The molecule has 0 aliphatic carbocycles. The van der Waals surface area contributed by atoms with Gasteiger partial charge in [0.15, 0.2) is 9.84 Å². The third-order valence-electron chi connectivity index (χ3n) is 5.19. The van der Waals surface area contributed by atoms with Crippen LogP contribution in [0.15, 0.2) is 77.7 Å². The van der Waals surface area contributed by atoms with Crippen LogP contribution in [0.4, 0.5) is 5.69 Å². The lowest BCUT2D eigenvalue weighted by atomic mass is 10.1. The lowest BCUT2D eigenvalue weighted by Crippen LogP contribution is -2.25. The number of hydrogen-bond acceptors (Lipinski definition) is 4. The molecule has 0 amide bonds. The molecule has 0 saturated carbocycles. The Bertz CT molecular complexity index is 1160. The Morgan fingerprint density at radius 3 is 1.44 bits per heavy atom. The summed E-state index contributed by atoms with van der Waals surface area (Å²) in [5.41, 5.74) is 5.36. The van der Waals surface area contributed by atoms with Crippen LogP contribution in [0.25, 0.3) is 24.3 Å². The van der Waals surface area contributed by atoms with Crippen molar-refractivity contribution in [2.24, 2.45) is 0 Å². The fourth-order valence-electron chi connectivity index (χ4n) is 3.32. The molecule has 0 aliphatic heterocycles. The number of likely N-dealkylation sites (N-methyl/N-ethyl adjacent to an activating group) is 1. The lowest BCUT2D eigenvalue weighted by Gasteiger charge is -2.21. The molecule has 3 rings (SSSR count). The highest BCUT2D eigenvalue weighted by atomic mass is 32.2. The molecule has 4 nitrogen and oxygen atoms in total. The van der Waals surface area contributed by atoms with Gasteiger partial charge in [0.25, 0.3) is 0 Å². The molecule has 5 heteroatoms. The van der Waals surface area contributed by atoms with Gasteiger partial charge < -0.3 is 10.0 Å². The Hall–Kier alpha value is -3.15. The second kappa shape index (κ2) is 10.9. The van der Waals surface area contributed by atoms with Crippen LogP contribution in [0.5, 0.6) is 0 Å². The fraction of sp³-hybridized carbons (Fsp3) is 0.185. The molecule has 0 unspecified atom stereocenters. The van der Waals surface area contributed by atoms with Gasteiger partial charge in [-0.15, -0.1) is 0 Å².